The summed E-state index contributed by atoms with van der Waals surface area (Å²) in [5, 5.41) is 10.6. The van der Waals surface area contributed by atoms with Gasteiger partial charge in [0.2, 0.25) is 17.7 Å². The number of hydrogen-bond donors (Lipinski definition) is 1. The first-order valence-electron chi connectivity index (χ1n) is 15.3. The van der Waals surface area contributed by atoms with Crippen LogP contribution in [0, 0.1) is 21.3 Å². The highest BCUT2D eigenvalue weighted by atomic mass is 127. The molecule has 0 spiro atoms. The molecule has 1 N–H and O–H groups in total. The van der Waals surface area contributed by atoms with Crippen molar-refractivity contribution in [3.8, 4) is 23.0 Å². The van der Waals surface area contributed by atoms with Crippen LogP contribution in [0.15, 0.2) is 76.7 Å². The Morgan fingerprint density at radius 3 is 2.47 bits per heavy atom. The van der Waals surface area contributed by atoms with E-state index in [0.29, 0.717) is 42.9 Å². The second kappa shape index (κ2) is 11.5. The number of imide groups is 2. The zero-order valence-corrected chi connectivity index (χ0v) is 30.8. The normalized spacial score (nSPS) is 29.3. The first kappa shape index (κ1) is 32.7. The Labute approximate surface area is 311 Å². The number of fused-ring (bicyclic) bond motifs is 5. The van der Waals surface area contributed by atoms with E-state index in [2.05, 4.69) is 20.9 Å². The third-order valence-electron chi connectivity index (χ3n) is 10.3. The lowest BCUT2D eigenvalue weighted by atomic mass is 9.56. The van der Waals surface area contributed by atoms with Gasteiger partial charge in [0.05, 0.1) is 33.7 Å². The lowest BCUT2D eigenvalue weighted by molar-refractivity contribution is -0.138. The number of carbonyl (C=O) groups is 4. The van der Waals surface area contributed by atoms with Crippen molar-refractivity contribution in [2.45, 2.75) is 28.5 Å². The van der Waals surface area contributed by atoms with E-state index in [0.717, 1.165) is 4.90 Å². The smallest absolute Gasteiger partial charge is 0.254 e. The number of phenols is 1. The number of para-hydroxylation sites is 2. The number of allylic oxidation sites excluding steroid dienone is 2. The Morgan fingerprint density at radius 2 is 1.78 bits per heavy atom. The molecule has 3 aromatic carbocycles. The highest BCUT2D eigenvalue weighted by Gasteiger charge is 2.76. The van der Waals surface area contributed by atoms with Gasteiger partial charge in [-0.25, -0.2) is 4.98 Å². The number of phenolic OH excluding ortho intramolecular Hbond substituents is 1. The average molecular weight is 877 g/mol. The summed E-state index contributed by atoms with van der Waals surface area (Å²) in [6.07, 6.45) is 1.95. The molecule has 250 valence electrons. The number of methoxy groups -OCH3 is 1. The molecule has 8 rings (SSSR count). The number of nitrogens with zero attached hydrogens (tertiary/aromatic N) is 3. The van der Waals surface area contributed by atoms with Crippen molar-refractivity contribution in [2.75, 3.05) is 17.5 Å². The zero-order valence-electron chi connectivity index (χ0n) is 25.5. The third-order valence-corrected chi connectivity index (χ3v) is 13.0. The minimum absolute atomic E-state index is 0.0945. The molecule has 4 aromatic rings. The number of rotatable bonds is 5. The maximum Gasteiger partial charge on any atom is 0.254 e. The molecule has 2 aliphatic heterocycles. The first-order valence-corrected chi connectivity index (χ1v) is 18.3. The molecule has 0 bridgehead atoms. The fraction of sp³-hybridized carbons (Fsp3) is 0.286. The summed E-state index contributed by atoms with van der Waals surface area (Å²) in [5.41, 5.74) is 3.42. The molecule has 3 heterocycles. The number of amides is 4. The van der Waals surface area contributed by atoms with Crippen LogP contribution in [-0.2, 0) is 19.2 Å². The third kappa shape index (κ3) is 4.45. The van der Waals surface area contributed by atoms with Crippen LogP contribution in [0.5, 0.6) is 11.5 Å². The van der Waals surface area contributed by atoms with Crippen LogP contribution in [0.25, 0.3) is 22.6 Å². The highest BCUT2D eigenvalue weighted by Crippen LogP contribution is 2.66. The molecule has 10 nitrogen and oxygen atoms in total. The van der Waals surface area contributed by atoms with Gasteiger partial charge in [-0.05, 0) is 95.4 Å². The van der Waals surface area contributed by atoms with Crippen LogP contribution in [0.2, 0.25) is 0 Å². The van der Waals surface area contributed by atoms with Crippen LogP contribution in [-0.4, -0.2) is 60.9 Å². The van der Waals surface area contributed by atoms with E-state index in [9.17, 15) is 24.3 Å². The molecule has 2 saturated heterocycles. The molecule has 3 fully saturated rings. The molecular formula is C35H25BrCl2IN3O7. The van der Waals surface area contributed by atoms with E-state index in [1.165, 1.54) is 12.0 Å². The molecule has 6 atom stereocenters. The van der Waals surface area contributed by atoms with Crippen LogP contribution in [0.1, 0.15) is 24.3 Å². The van der Waals surface area contributed by atoms with Gasteiger partial charge in [0, 0.05) is 11.5 Å². The van der Waals surface area contributed by atoms with Gasteiger partial charge in [0.1, 0.15) is 5.52 Å². The van der Waals surface area contributed by atoms with Gasteiger partial charge in [-0.1, -0.05) is 39.7 Å². The summed E-state index contributed by atoms with van der Waals surface area (Å²) in [5.74, 6) is -4.93. The quantitative estimate of drug-likeness (QED) is 0.0769. The number of benzene rings is 3. The number of aromatic nitrogens is 1. The number of anilines is 1. The molecule has 6 unspecified atom stereocenters. The fourth-order valence-electron chi connectivity index (χ4n) is 8.05. The Bertz CT molecular complexity index is 2130. The lowest BCUT2D eigenvalue weighted by Gasteiger charge is -2.50. The van der Waals surface area contributed by atoms with Crippen LogP contribution in [0.3, 0.4) is 0 Å². The molecule has 14 heteroatoms. The topological polar surface area (TPSA) is 130 Å². The second-order valence-electron chi connectivity index (χ2n) is 12.6. The highest BCUT2D eigenvalue weighted by molar-refractivity contribution is 14.1. The number of hydrogen-bond acceptors (Lipinski definition) is 8. The fourth-order valence-corrected chi connectivity index (χ4v) is 10.1. The minimum atomic E-state index is -1.97. The molecular weight excluding hydrogens is 852 g/mol. The van der Waals surface area contributed by atoms with Gasteiger partial charge in [0.25, 0.3) is 11.8 Å². The van der Waals surface area contributed by atoms with E-state index in [1.807, 2.05) is 52.9 Å². The van der Waals surface area contributed by atoms with E-state index in [-0.39, 0.29) is 35.7 Å². The van der Waals surface area contributed by atoms with Gasteiger partial charge < -0.3 is 14.3 Å². The number of oxazole rings is 1. The van der Waals surface area contributed by atoms with Gasteiger partial charge in [0.15, 0.2) is 26.8 Å². The number of alkyl halides is 3. The van der Waals surface area contributed by atoms with Crippen molar-refractivity contribution in [1.82, 2.24) is 9.88 Å². The van der Waals surface area contributed by atoms with Gasteiger partial charge in [-0.2, -0.15) is 0 Å². The van der Waals surface area contributed by atoms with Gasteiger partial charge in [-0.15, -0.1) is 23.2 Å². The summed E-state index contributed by atoms with van der Waals surface area (Å²) < 4.78 is 11.7. The summed E-state index contributed by atoms with van der Waals surface area (Å²) in [4.78, 5) is 59.2. The summed E-state index contributed by atoms with van der Waals surface area (Å²) in [6, 6.07) is 17.5. The van der Waals surface area contributed by atoms with Crippen molar-refractivity contribution in [1.29, 1.82) is 0 Å². The number of halogens is 4. The Balaban J connectivity index is 1.20. The van der Waals surface area contributed by atoms with E-state index in [1.54, 1.807) is 36.4 Å². The van der Waals surface area contributed by atoms with Crippen LogP contribution in [0.4, 0.5) is 5.69 Å². The first-order chi connectivity index (χ1) is 23.4. The van der Waals surface area contributed by atoms with Crippen LogP contribution >= 0.6 is 61.7 Å². The summed E-state index contributed by atoms with van der Waals surface area (Å²) >= 11 is 19.8. The Morgan fingerprint density at radius 1 is 1.04 bits per heavy atom. The SMILES string of the molecule is COc1cc(C2C3=CCC4C(=O)N(c5ccc(-c6nc7ccccc7o6)cc5)C(=O)C4C3CC3(Cl)C(=O)N(CBr)C(=O)C23Cl)cc(I)c1O. The van der Waals surface area contributed by atoms with Gasteiger partial charge in [-0.3, -0.25) is 29.0 Å². The number of likely N-dealkylation sites (tertiary alicyclic amines) is 1. The number of ether oxygens (including phenoxy) is 1. The maximum atomic E-state index is 14.4. The lowest BCUT2D eigenvalue weighted by Crippen LogP contribution is -2.60. The van der Waals surface area contributed by atoms with Gasteiger partial charge >= 0.3 is 0 Å². The molecule has 1 aromatic heterocycles. The Hall–Kier alpha value is -3.46. The predicted octanol–water partition coefficient (Wildman–Crippen LogP) is 6.73. The molecule has 0 radical (unpaired) electrons. The van der Waals surface area contributed by atoms with E-state index >= 15 is 0 Å². The van der Waals surface area contributed by atoms with Crippen molar-refractivity contribution >= 4 is 102 Å². The minimum Gasteiger partial charge on any atom is -0.504 e. The van der Waals surface area contributed by atoms with Crippen molar-refractivity contribution in [3.05, 3.63) is 81.4 Å². The molecule has 4 amide bonds. The van der Waals surface area contributed by atoms with Crippen LogP contribution < -0.4 is 9.64 Å². The summed E-state index contributed by atoms with van der Waals surface area (Å²) in [7, 11) is 1.40. The average Bonchev–Trinajstić information content (AvgIpc) is 3.69. The monoisotopic (exact) mass is 875 g/mol. The largest absolute Gasteiger partial charge is 0.504 e. The second-order valence-corrected chi connectivity index (χ2v) is 15.5. The van der Waals surface area contributed by atoms with Crippen molar-refractivity contribution < 1.29 is 33.4 Å². The van der Waals surface area contributed by atoms with Crippen molar-refractivity contribution in [3.63, 3.8) is 0 Å². The zero-order chi connectivity index (χ0) is 34.6. The maximum absolute atomic E-state index is 14.4. The standard InChI is InChI=1S/C35H25BrCl2IN3O7/c1-48-25-13-17(12-22(39)28(25)43)27-19-10-11-20-26(21(19)14-34(37)32(46)41(15-36)33(47)35(27,34)38)31(45)42(30(20)44)18-8-6-16(7-9-18)29-40-23-4-2-3-5-24(23)49-29/h2-10,12-13,20-21,26-27,43H,11,14-15H2,1H3. The number of aromatic hydroxyl groups is 1. The molecule has 4 aliphatic rings. The molecule has 49 heavy (non-hydrogen) atoms. The Kier molecular flexibility index (Phi) is 7.71. The summed E-state index contributed by atoms with van der Waals surface area (Å²) in [6.45, 7) is 0. The molecule has 2 aliphatic carbocycles. The van der Waals surface area contributed by atoms with E-state index in [4.69, 9.17) is 32.4 Å². The number of carbonyl (C=O) groups excluding carboxylic acids is 4. The predicted molar refractivity (Wildman–Crippen MR) is 193 cm³/mol. The van der Waals surface area contributed by atoms with E-state index < -0.39 is 51.1 Å². The molecule has 1 saturated carbocycles. The van der Waals surface area contributed by atoms with Crippen molar-refractivity contribution in [2.24, 2.45) is 17.8 Å².